The van der Waals surface area contributed by atoms with Crippen molar-refractivity contribution in [3.8, 4) is 0 Å². The maximum absolute atomic E-state index is 3.38. The van der Waals surface area contributed by atoms with Crippen LogP contribution < -0.4 is 5.32 Å². The fourth-order valence-electron chi connectivity index (χ4n) is 2.24. The summed E-state index contributed by atoms with van der Waals surface area (Å²) >= 11 is 0. The van der Waals surface area contributed by atoms with Gasteiger partial charge in [-0.05, 0) is 46.7 Å². The molecule has 1 N–H and O–H groups in total. The smallest absolute Gasteiger partial charge is 0.0110 e. The monoisotopic (exact) mass is 184 g/mol. The zero-order chi connectivity index (χ0) is 9.84. The molecule has 2 heteroatoms. The van der Waals surface area contributed by atoms with Gasteiger partial charge >= 0.3 is 0 Å². The summed E-state index contributed by atoms with van der Waals surface area (Å²) in [6.07, 6.45) is 5.31. The van der Waals surface area contributed by atoms with Gasteiger partial charge in [0.25, 0.3) is 0 Å². The van der Waals surface area contributed by atoms with Crippen LogP contribution in [0.4, 0.5) is 0 Å². The normalized spacial score (nSPS) is 31.2. The molecule has 2 nitrogen and oxygen atoms in total. The van der Waals surface area contributed by atoms with Crippen molar-refractivity contribution < 1.29 is 0 Å². The van der Waals surface area contributed by atoms with Crippen molar-refractivity contribution >= 4 is 0 Å². The van der Waals surface area contributed by atoms with Crippen LogP contribution >= 0.6 is 0 Å². The molecule has 0 saturated heterocycles. The predicted octanol–water partition coefficient (Wildman–Crippen LogP) is 1.86. The number of nitrogens with one attached hydrogen (secondary N) is 1. The van der Waals surface area contributed by atoms with Crippen molar-refractivity contribution in [2.75, 3.05) is 14.1 Å². The Morgan fingerprint density at radius 2 is 2.15 bits per heavy atom. The van der Waals surface area contributed by atoms with E-state index < -0.39 is 0 Å². The van der Waals surface area contributed by atoms with Crippen molar-refractivity contribution in [1.82, 2.24) is 10.2 Å². The summed E-state index contributed by atoms with van der Waals surface area (Å²) in [6, 6.07) is 2.31. The lowest BCUT2D eigenvalue weighted by molar-refractivity contribution is 0.180. The molecule has 0 amide bonds. The van der Waals surface area contributed by atoms with Gasteiger partial charge in [-0.3, -0.25) is 0 Å². The third-order valence-corrected chi connectivity index (χ3v) is 3.68. The van der Waals surface area contributed by atoms with Crippen LogP contribution in [0.2, 0.25) is 0 Å². The molecule has 0 spiro atoms. The molecule has 0 aromatic rings. The van der Waals surface area contributed by atoms with E-state index in [2.05, 4.69) is 38.2 Å². The zero-order valence-corrected chi connectivity index (χ0v) is 9.51. The molecule has 1 fully saturated rings. The summed E-state index contributed by atoms with van der Waals surface area (Å²) in [5.41, 5.74) is 0. The molecule has 0 aromatic heterocycles. The van der Waals surface area contributed by atoms with Gasteiger partial charge in [0.05, 0.1) is 0 Å². The van der Waals surface area contributed by atoms with Crippen LogP contribution in [0, 0.1) is 0 Å². The quantitative estimate of drug-likeness (QED) is 0.717. The van der Waals surface area contributed by atoms with Crippen LogP contribution in [0.5, 0.6) is 0 Å². The summed E-state index contributed by atoms with van der Waals surface area (Å²) in [6.45, 7) is 4.60. The molecule has 1 aliphatic rings. The van der Waals surface area contributed by atoms with Gasteiger partial charge in [0.1, 0.15) is 0 Å². The molecule has 0 aromatic carbocycles. The number of nitrogens with zero attached hydrogens (tertiary/aromatic N) is 1. The first-order chi connectivity index (χ1) is 6.19. The molecule has 0 bridgehead atoms. The Balaban J connectivity index is 2.36. The Morgan fingerprint density at radius 3 is 2.62 bits per heavy atom. The summed E-state index contributed by atoms with van der Waals surface area (Å²) in [5.74, 6) is 0. The Bertz CT molecular complexity index is 147. The molecular weight excluding hydrogens is 160 g/mol. The van der Waals surface area contributed by atoms with Crippen LogP contribution in [0.3, 0.4) is 0 Å². The molecule has 13 heavy (non-hydrogen) atoms. The lowest BCUT2D eigenvalue weighted by Gasteiger charge is -2.30. The van der Waals surface area contributed by atoms with Gasteiger partial charge in [0, 0.05) is 18.1 Å². The van der Waals surface area contributed by atoms with Crippen LogP contribution in [0.15, 0.2) is 0 Å². The number of hydrogen-bond donors (Lipinski definition) is 1. The molecule has 3 atom stereocenters. The predicted molar refractivity (Wildman–Crippen MR) is 58.0 cm³/mol. The molecule has 1 saturated carbocycles. The van der Waals surface area contributed by atoms with Crippen LogP contribution in [0.1, 0.15) is 39.5 Å². The van der Waals surface area contributed by atoms with Crippen molar-refractivity contribution in [1.29, 1.82) is 0 Å². The highest BCUT2D eigenvalue weighted by atomic mass is 15.2. The van der Waals surface area contributed by atoms with Crippen LogP contribution in [-0.2, 0) is 0 Å². The average Bonchev–Trinajstić information content (AvgIpc) is 2.63. The second-order valence-corrected chi connectivity index (χ2v) is 4.38. The summed E-state index contributed by atoms with van der Waals surface area (Å²) in [7, 11) is 4.35. The zero-order valence-electron chi connectivity index (χ0n) is 9.51. The molecule has 1 aliphatic carbocycles. The summed E-state index contributed by atoms with van der Waals surface area (Å²) in [5, 5.41) is 3.38. The minimum atomic E-state index is 0.737. The highest BCUT2D eigenvalue weighted by molar-refractivity contribution is 4.86. The van der Waals surface area contributed by atoms with Gasteiger partial charge in [0.15, 0.2) is 0 Å². The van der Waals surface area contributed by atoms with Crippen molar-refractivity contribution in [3.05, 3.63) is 0 Å². The first-order valence-corrected chi connectivity index (χ1v) is 5.58. The molecule has 0 heterocycles. The lowest BCUT2D eigenvalue weighted by Crippen LogP contribution is -2.37. The molecule has 3 unspecified atom stereocenters. The second kappa shape index (κ2) is 4.97. The molecule has 0 aliphatic heterocycles. The maximum atomic E-state index is 3.38. The molecular formula is C11H24N2. The first-order valence-electron chi connectivity index (χ1n) is 5.58. The van der Waals surface area contributed by atoms with Gasteiger partial charge in [-0.1, -0.05) is 6.92 Å². The van der Waals surface area contributed by atoms with E-state index in [4.69, 9.17) is 0 Å². The first kappa shape index (κ1) is 11.0. The van der Waals surface area contributed by atoms with Gasteiger partial charge in [-0.25, -0.2) is 0 Å². The molecule has 0 radical (unpaired) electrons. The Hall–Kier alpha value is -0.0800. The largest absolute Gasteiger partial charge is 0.317 e. The maximum Gasteiger partial charge on any atom is 0.0110 e. The van der Waals surface area contributed by atoms with Gasteiger partial charge in [0.2, 0.25) is 0 Å². The van der Waals surface area contributed by atoms with Crippen LogP contribution in [0.25, 0.3) is 0 Å². The lowest BCUT2D eigenvalue weighted by atomic mass is 10.1. The highest BCUT2D eigenvalue weighted by Gasteiger charge is 2.27. The van der Waals surface area contributed by atoms with E-state index in [1.807, 2.05) is 0 Å². The van der Waals surface area contributed by atoms with E-state index in [1.165, 1.54) is 25.7 Å². The Kier molecular flexibility index (Phi) is 4.20. The SMILES string of the molecule is CCC(C)N(C)C1CCC(NC)C1. The second-order valence-electron chi connectivity index (χ2n) is 4.38. The van der Waals surface area contributed by atoms with Crippen molar-refractivity contribution in [2.24, 2.45) is 0 Å². The average molecular weight is 184 g/mol. The van der Waals surface area contributed by atoms with Crippen molar-refractivity contribution in [2.45, 2.75) is 57.7 Å². The fraction of sp³-hybridized carbons (Fsp3) is 1.00. The van der Waals surface area contributed by atoms with E-state index >= 15 is 0 Å². The van der Waals surface area contributed by atoms with Gasteiger partial charge in [-0.2, -0.15) is 0 Å². The Morgan fingerprint density at radius 1 is 1.46 bits per heavy atom. The topological polar surface area (TPSA) is 15.3 Å². The third-order valence-electron chi connectivity index (χ3n) is 3.68. The minimum Gasteiger partial charge on any atom is -0.317 e. The Labute approximate surface area is 82.7 Å². The highest BCUT2D eigenvalue weighted by Crippen LogP contribution is 2.24. The van der Waals surface area contributed by atoms with Crippen molar-refractivity contribution in [3.63, 3.8) is 0 Å². The standard InChI is InChI=1S/C11H24N2/c1-5-9(2)13(4)11-7-6-10(8-11)12-3/h9-12H,5-8H2,1-4H3. The third kappa shape index (κ3) is 2.68. The summed E-state index contributed by atoms with van der Waals surface area (Å²) < 4.78 is 0. The van der Waals surface area contributed by atoms with Gasteiger partial charge in [-0.15, -0.1) is 0 Å². The van der Waals surface area contributed by atoms with E-state index in [9.17, 15) is 0 Å². The minimum absolute atomic E-state index is 0.737. The van der Waals surface area contributed by atoms with Crippen LogP contribution in [-0.4, -0.2) is 37.1 Å². The number of rotatable bonds is 4. The molecule has 78 valence electrons. The van der Waals surface area contributed by atoms with E-state index in [0.29, 0.717) is 0 Å². The van der Waals surface area contributed by atoms with E-state index in [0.717, 1.165) is 18.1 Å². The summed E-state index contributed by atoms with van der Waals surface area (Å²) in [4.78, 5) is 2.55. The number of hydrogen-bond acceptors (Lipinski definition) is 2. The molecule has 1 rings (SSSR count). The fourth-order valence-corrected chi connectivity index (χ4v) is 2.24. The van der Waals surface area contributed by atoms with E-state index in [1.54, 1.807) is 0 Å². The van der Waals surface area contributed by atoms with E-state index in [-0.39, 0.29) is 0 Å². The van der Waals surface area contributed by atoms with Gasteiger partial charge < -0.3 is 10.2 Å².